The highest BCUT2D eigenvalue weighted by molar-refractivity contribution is 6.74. The molecular weight excluding hydrogens is 456 g/mol. The van der Waals surface area contributed by atoms with Crippen LogP contribution in [0.4, 0.5) is 4.79 Å². The Bertz CT molecular complexity index is 879. The Labute approximate surface area is 203 Å². The first-order valence-electron chi connectivity index (χ1n) is 11.7. The first kappa shape index (κ1) is 27.8. The first-order chi connectivity index (χ1) is 15.5. The van der Waals surface area contributed by atoms with Crippen molar-refractivity contribution in [2.45, 2.75) is 90.2 Å². The van der Waals surface area contributed by atoms with E-state index in [0.717, 1.165) is 0 Å². The molecule has 34 heavy (non-hydrogen) atoms. The van der Waals surface area contributed by atoms with Crippen LogP contribution in [0.25, 0.3) is 0 Å². The van der Waals surface area contributed by atoms with E-state index in [9.17, 15) is 19.5 Å². The van der Waals surface area contributed by atoms with E-state index in [-0.39, 0.29) is 29.5 Å². The van der Waals surface area contributed by atoms with E-state index in [1.807, 2.05) is 33.9 Å². The van der Waals surface area contributed by atoms with Crippen molar-refractivity contribution in [3.05, 3.63) is 18.0 Å². The molecule has 0 aliphatic carbocycles. The summed E-state index contributed by atoms with van der Waals surface area (Å²) in [6.45, 7) is 16.7. The van der Waals surface area contributed by atoms with Gasteiger partial charge in [0.05, 0.1) is 12.6 Å². The third kappa shape index (κ3) is 7.56. The summed E-state index contributed by atoms with van der Waals surface area (Å²) in [4.78, 5) is 38.3. The van der Waals surface area contributed by atoms with Gasteiger partial charge in [0.1, 0.15) is 17.3 Å². The third-order valence-electron chi connectivity index (χ3n) is 6.35. The van der Waals surface area contributed by atoms with Crippen LogP contribution in [0.2, 0.25) is 18.1 Å². The molecule has 1 saturated heterocycles. The summed E-state index contributed by atoms with van der Waals surface area (Å²) in [7, 11) is -2.16. The number of piperidine rings is 1. The van der Waals surface area contributed by atoms with Gasteiger partial charge in [-0.15, -0.1) is 0 Å². The summed E-state index contributed by atoms with van der Waals surface area (Å²) in [5, 5.41) is 16.4. The molecule has 2 rings (SSSR count). The number of likely N-dealkylation sites (tertiary alicyclic amines) is 1. The Morgan fingerprint density at radius 1 is 1.18 bits per heavy atom. The van der Waals surface area contributed by atoms with Crippen LogP contribution in [0.15, 0.2) is 12.3 Å². The number of carbonyl (C=O) groups is 3. The summed E-state index contributed by atoms with van der Waals surface area (Å²) >= 11 is 0. The van der Waals surface area contributed by atoms with Crippen molar-refractivity contribution in [1.82, 2.24) is 20.0 Å². The summed E-state index contributed by atoms with van der Waals surface area (Å²) in [6, 6.07) is 0.449. The molecule has 10 nitrogen and oxygen atoms in total. The SMILES string of the molecule is CC(C)(C)OC(=O)N1CCC(n2ccc(C(=O)N[C@@H](CO[Si](C)(C)C(C)(C)C)C(=O)O)n2)CC1. The molecule has 0 radical (unpaired) electrons. The molecule has 0 saturated carbocycles. The fourth-order valence-corrected chi connectivity index (χ4v) is 4.23. The number of nitrogens with zero attached hydrogens (tertiary/aromatic N) is 3. The molecule has 0 bridgehead atoms. The lowest BCUT2D eigenvalue weighted by Crippen LogP contribution is -2.49. The number of carboxylic acid groups (broad SMARTS) is 1. The van der Waals surface area contributed by atoms with Crippen LogP contribution in [-0.4, -0.2) is 77.4 Å². The van der Waals surface area contributed by atoms with E-state index in [0.29, 0.717) is 25.9 Å². The predicted molar refractivity (Wildman–Crippen MR) is 130 cm³/mol. The lowest BCUT2D eigenvalue weighted by Gasteiger charge is -2.36. The van der Waals surface area contributed by atoms with E-state index in [4.69, 9.17) is 9.16 Å². The predicted octanol–water partition coefficient (Wildman–Crippen LogP) is 3.66. The zero-order valence-electron chi connectivity index (χ0n) is 21.7. The molecule has 1 aliphatic rings. The highest BCUT2D eigenvalue weighted by Crippen LogP contribution is 2.36. The van der Waals surface area contributed by atoms with Crippen LogP contribution < -0.4 is 5.32 Å². The number of amides is 2. The van der Waals surface area contributed by atoms with Crippen molar-refractivity contribution in [1.29, 1.82) is 0 Å². The second-order valence-corrected chi connectivity index (χ2v) is 16.1. The molecule has 0 aromatic carbocycles. The maximum atomic E-state index is 12.7. The number of nitrogens with one attached hydrogen (secondary N) is 1. The van der Waals surface area contributed by atoms with Crippen molar-refractivity contribution in [3.8, 4) is 0 Å². The second kappa shape index (κ2) is 10.5. The monoisotopic (exact) mass is 496 g/mol. The molecule has 2 amide bonds. The molecule has 1 aromatic rings. The summed E-state index contributed by atoms with van der Waals surface area (Å²) in [6.07, 6.45) is 2.75. The normalized spacial score (nSPS) is 16.8. The van der Waals surface area contributed by atoms with Crippen LogP contribution >= 0.6 is 0 Å². The molecule has 0 unspecified atom stereocenters. The number of carbonyl (C=O) groups excluding carboxylic acids is 2. The van der Waals surface area contributed by atoms with Gasteiger partial charge in [-0.3, -0.25) is 9.48 Å². The largest absolute Gasteiger partial charge is 0.480 e. The Morgan fingerprint density at radius 2 is 1.76 bits per heavy atom. The number of aromatic nitrogens is 2. The lowest BCUT2D eigenvalue weighted by molar-refractivity contribution is -0.140. The van der Waals surface area contributed by atoms with Gasteiger partial charge in [0.25, 0.3) is 5.91 Å². The Morgan fingerprint density at radius 3 is 2.26 bits per heavy atom. The minimum atomic E-state index is -2.16. The maximum Gasteiger partial charge on any atom is 0.410 e. The van der Waals surface area contributed by atoms with Gasteiger partial charge in [0.2, 0.25) is 0 Å². The van der Waals surface area contributed by atoms with Crippen LogP contribution in [0.3, 0.4) is 0 Å². The summed E-state index contributed by atoms with van der Waals surface area (Å²) < 4.78 is 13.1. The Kier molecular flexibility index (Phi) is 8.57. The van der Waals surface area contributed by atoms with Crippen LogP contribution in [0.5, 0.6) is 0 Å². The van der Waals surface area contributed by atoms with Crippen molar-refractivity contribution in [3.63, 3.8) is 0 Å². The standard InChI is InChI=1S/C23H40N4O6Si/c1-22(2,3)33-21(31)26-12-9-16(10-13-26)27-14-11-17(25-27)19(28)24-18(20(29)30)15-32-34(7,8)23(4,5)6/h11,14,16,18H,9-10,12-13,15H2,1-8H3,(H,24,28)(H,29,30)/t18-/m0/s1. The zero-order chi connectivity index (χ0) is 25.9. The van der Waals surface area contributed by atoms with Crippen molar-refractivity contribution >= 4 is 26.3 Å². The highest BCUT2D eigenvalue weighted by Gasteiger charge is 2.38. The number of rotatable bonds is 7. The quantitative estimate of drug-likeness (QED) is 0.552. The molecule has 2 heterocycles. The Balaban J connectivity index is 1.94. The van der Waals surface area contributed by atoms with Gasteiger partial charge in [0, 0.05) is 19.3 Å². The first-order valence-corrected chi connectivity index (χ1v) is 14.6. The van der Waals surface area contributed by atoms with Crippen LogP contribution in [-0.2, 0) is 14.0 Å². The van der Waals surface area contributed by atoms with Crippen molar-refractivity contribution in [2.24, 2.45) is 0 Å². The topological polar surface area (TPSA) is 123 Å². The lowest BCUT2D eigenvalue weighted by atomic mass is 10.1. The maximum absolute atomic E-state index is 12.7. The molecule has 1 fully saturated rings. The van der Waals surface area contributed by atoms with E-state index in [2.05, 4.69) is 31.2 Å². The van der Waals surface area contributed by atoms with Gasteiger partial charge in [-0.2, -0.15) is 5.10 Å². The van der Waals surface area contributed by atoms with Crippen molar-refractivity contribution in [2.75, 3.05) is 19.7 Å². The van der Waals surface area contributed by atoms with E-state index < -0.39 is 31.8 Å². The van der Waals surface area contributed by atoms with Crippen molar-refractivity contribution < 1.29 is 28.7 Å². The molecular formula is C23H40N4O6Si. The number of hydrogen-bond acceptors (Lipinski definition) is 6. The summed E-state index contributed by atoms with van der Waals surface area (Å²) in [5.41, 5.74) is -0.394. The number of hydrogen-bond donors (Lipinski definition) is 2. The highest BCUT2D eigenvalue weighted by atomic mass is 28.4. The van der Waals surface area contributed by atoms with Gasteiger partial charge >= 0.3 is 12.1 Å². The van der Waals surface area contributed by atoms with E-state index >= 15 is 0 Å². The van der Waals surface area contributed by atoms with Crippen LogP contribution in [0, 0.1) is 0 Å². The second-order valence-electron chi connectivity index (χ2n) is 11.3. The molecule has 0 spiro atoms. The number of ether oxygens (including phenoxy) is 1. The fraction of sp³-hybridized carbons (Fsp3) is 0.739. The Hall–Kier alpha value is -2.40. The molecule has 2 N–H and O–H groups in total. The van der Waals surface area contributed by atoms with Gasteiger partial charge in [-0.25, -0.2) is 9.59 Å². The number of carboxylic acids is 1. The smallest absolute Gasteiger partial charge is 0.410 e. The van der Waals surface area contributed by atoms with E-state index in [1.165, 1.54) is 0 Å². The third-order valence-corrected chi connectivity index (χ3v) is 10.9. The fourth-order valence-electron chi connectivity index (χ4n) is 3.22. The average Bonchev–Trinajstić information content (AvgIpc) is 3.19. The van der Waals surface area contributed by atoms with Gasteiger partial charge in [-0.1, -0.05) is 20.8 Å². The molecule has 1 atom stereocenters. The number of aliphatic carboxylic acids is 1. The molecule has 1 aromatic heterocycles. The molecule has 1 aliphatic heterocycles. The minimum absolute atomic E-state index is 0.0393. The van der Waals surface area contributed by atoms with Crippen LogP contribution in [0.1, 0.15) is 70.9 Å². The zero-order valence-corrected chi connectivity index (χ0v) is 22.7. The van der Waals surface area contributed by atoms with Gasteiger partial charge < -0.3 is 24.5 Å². The molecule has 192 valence electrons. The summed E-state index contributed by atoms with van der Waals surface area (Å²) in [5.74, 6) is -1.71. The van der Waals surface area contributed by atoms with Gasteiger partial charge in [0.15, 0.2) is 8.32 Å². The minimum Gasteiger partial charge on any atom is -0.480 e. The molecule has 11 heteroatoms. The average molecular weight is 497 g/mol. The van der Waals surface area contributed by atoms with E-state index in [1.54, 1.807) is 21.8 Å². The van der Waals surface area contributed by atoms with Gasteiger partial charge in [-0.05, 0) is 57.8 Å².